The summed E-state index contributed by atoms with van der Waals surface area (Å²) in [5.74, 6) is 0.321. The lowest BCUT2D eigenvalue weighted by atomic mass is 10.1. The quantitative estimate of drug-likeness (QED) is 0.758. The molecule has 5 heteroatoms. The third kappa shape index (κ3) is 3.09. The van der Waals surface area contributed by atoms with Crippen LogP contribution < -0.4 is 9.80 Å². The lowest BCUT2D eigenvalue weighted by Crippen LogP contribution is -2.32. The van der Waals surface area contributed by atoms with Gasteiger partial charge in [0.05, 0.1) is 16.9 Å². The number of amides is 2. The summed E-state index contributed by atoms with van der Waals surface area (Å²) in [5.41, 5.74) is 2.30. The first kappa shape index (κ1) is 16.3. The molecule has 4 rings (SSSR count). The second-order valence-electron chi connectivity index (χ2n) is 6.54. The average Bonchev–Trinajstić information content (AvgIpc) is 3.47. The van der Waals surface area contributed by atoms with E-state index in [1.807, 2.05) is 53.4 Å². The van der Waals surface area contributed by atoms with Crippen LogP contribution in [0.15, 0.2) is 53.0 Å². The van der Waals surface area contributed by atoms with E-state index in [0.717, 1.165) is 35.1 Å². The zero-order valence-electron chi connectivity index (χ0n) is 13.8. The Hall–Kier alpha value is -2.14. The summed E-state index contributed by atoms with van der Waals surface area (Å²) in [4.78, 5) is 29.5. The standard InChI is InChI=1S/C20H19BrN2O2/c21-16-7-2-1-6-15(16)20(25)23-13-5-12-22(19(24)14-10-11-14)17-8-3-4-9-18(17)23/h1-4,6-9,14H,5,10-13H2. The fraction of sp³-hybridized carbons (Fsp3) is 0.300. The first-order valence-electron chi connectivity index (χ1n) is 8.63. The lowest BCUT2D eigenvalue weighted by Gasteiger charge is -2.26. The van der Waals surface area contributed by atoms with Crippen molar-refractivity contribution in [2.45, 2.75) is 19.3 Å². The Morgan fingerprint density at radius 2 is 1.48 bits per heavy atom. The largest absolute Gasteiger partial charge is 0.310 e. The van der Waals surface area contributed by atoms with Gasteiger partial charge < -0.3 is 9.80 Å². The van der Waals surface area contributed by atoms with E-state index in [2.05, 4.69) is 15.9 Å². The first-order chi connectivity index (χ1) is 12.2. The maximum atomic E-state index is 13.2. The monoisotopic (exact) mass is 398 g/mol. The molecule has 1 aliphatic carbocycles. The van der Waals surface area contributed by atoms with Crippen LogP contribution in [0.5, 0.6) is 0 Å². The SMILES string of the molecule is O=C(c1ccccc1Br)N1CCCN(C(=O)C2CC2)c2ccccc21. The highest BCUT2D eigenvalue weighted by Crippen LogP contribution is 2.38. The smallest absolute Gasteiger partial charge is 0.259 e. The molecule has 2 aromatic rings. The Morgan fingerprint density at radius 1 is 0.880 bits per heavy atom. The van der Waals surface area contributed by atoms with Crippen molar-refractivity contribution >= 4 is 39.1 Å². The highest BCUT2D eigenvalue weighted by Gasteiger charge is 2.36. The summed E-state index contributed by atoms with van der Waals surface area (Å²) in [5, 5.41) is 0. The van der Waals surface area contributed by atoms with Crippen molar-refractivity contribution in [2.24, 2.45) is 5.92 Å². The second-order valence-corrected chi connectivity index (χ2v) is 7.40. The summed E-state index contributed by atoms with van der Waals surface area (Å²) in [7, 11) is 0. The van der Waals surface area contributed by atoms with Gasteiger partial charge >= 0.3 is 0 Å². The van der Waals surface area contributed by atoms with Crippen molar-refractivity contribution in [3.8, 4) is 0 Å². The molecular weight excluding hydrogens is 380 g/mol. The summed E-state index contributed by atoms with van der Waals surface area (Å²) < 4.78 is 0.785. The van der Waals surface area contributed by atoms with Crippen molar-refractivity contribution in [3.05, 3.63) is 58.6 Å². The molecule has 25 heavy (non-hydrogen) atoms. The minimum atomic E-state index is -0.0411. The Balaban J connectivity index is 1.73. The van der Waals surface area contributed by atoms with Crippen LogP contribution in [-0.4, -0.2) is 24.9 Å². The van der Waals surface area contributed by atoms with Gasteiger partial charge in [-0.15, -0.1) is 0 Å². The van der Waals surface area contributed by atoms with E-state index in [0.29, 0.717) is 18.7 Å². The molecule has 0 N–H and O–H groups in total. The van der Waals surface area contributed by atoms with E-state index < -0.39 is 0 Å². The Labute approximate surface area is 155 Å². The van der Waals surface area contributed by atoms with E-state index in [9.17, 15) is 9.59 Å². The van der Waals surface area contributed by atoms with Crippen molar-refractivity contribution < 1.29 is 9.59 Å². The number of rotatable bonds is 2. The molecule has 2 aromatic carbocycles. The number of nitrogens with zero attached hydrogens (tertiary/aromatic N) is 2. The fourth-order valence-electron chi connectivity index (χ4n) is 3.32. The number of carbonyl (C=O) groups excluding carboxylic acids is 2. The number of anilines is 2. The van der Waals surface area contributed by atoms with Gasteiger partial charge in [0.25, 0.3) is 5.91 Å². The second kappa shape index (κ2) is 6.64. The molecule has 0 aromatic heterocycles. The zero-order chi connectivity index (χ0) is 17.4. The van der Waals surface area contributed by atoms with E-state index in [1.54, 1.807) is 4.90 Å². The predicted molar refractivity (Wildman–Crippen MR) is 102 cm³/mol. The molecule has 1 heterocycles. The average molecular weight is 399 g/mol. The molecule has 1 fully saturated rings. The Morgan fingerprint density at radius 3 is 2.16 bits per heavy atom. The van der Waals surface area contributed by atoms with E-state index >= 15 is 0 Å². The van der Waals surface area contributed by atoms with Crippen molar-refractivity contribution in [2.75, 3.05) is 22.9 Å². The topological polar surface area (TPSA) is 40.6 Å². The fourth-order valence-corrected chi connectivity index (χ4v) is 3.77. The van der Waals surface area contributed by atoms with Gasteiger partial charge in [-0.05, 0) is 59.5 Å². The molecule has 1 aliphatic heterocycles. The summed E-state index contributed by atoms with van der Waals surface area (Å²) in [6.07, 6.45) is 2.73. The summed E-state index contributed by atoms with van der Waals surface area (Å²) in [6, 6.07) is 15.2. The minimum absolute atomic E-state index is 0.0411. The third-order valence-corrected chi connectivity index (χ3v) is 5.46. The number of para-hydroxylation sites is 2. The first-order valence-corrected chi connectivity index (χ1v) is 9.43. The molecule has 0 radical (unpaired) electrons. The number of benzene rings is 2. The summed E-state index contributed by atoms with van der Waals surface area (Å²) >= 11 is 3.47. The van der Waals surface area contributed by atoms with Crippen molar-refractivity contribution in [1.29, 1.82) is 0 Å². The van der Waals surface area contributed by atoms with Crippen LogP contribution in [0.4, 0.5) is 11.4 Å². The minimum Gasteiger partial charge on any atom is -0.310 e. The van der Waals surface area contributed by atoms with Gasteiger partial charge in [0.2, 0.25) is 5.91 Å². The number of carbonyl (C=O) groups is 2. The van der Waals surface area contributed by atoms with Crippen LogP contribution in [0.3, 0.4) is 0 Å². The van der Waals surface area contributed by atoms with Gasteiger partial charge in [-0.3, -0.25) is 9.59 Å². The molecule has 0 unspecified atom stereocenters. The normalized spacial score (nSPS) is 17.0. The van der Waals surface area contributed by atoms with Gasteiger partial charge in [0, 0.05) is 23.5 Å². The molecule has 0 spiro atoms. The third-order valence-electron chi connectivity index (χ3n) is 4.77. The molecule has 0 atom stereocenters. The van der Waals surface area contributed by atoms with Crippen LogP contribution in [-0.2, 0) is 4.79 Å². The molecule has 0 saturated heterocycles. The van der Waals surface area contributed by atoms with Crippen LogP contribution >= 0.6 is 15.9 Å². The molecule has 4 nitrogen and oxygen atoms in total. The Bertz CT molecular complexity index is 832. The molecule has 128 valence electrons. The molecule has 0 bridgehead atoms. The number of hydrogen-bond donors (Lipinski definition) is 0. The van der Waals surface area contributed by atoms with Gasteiger partial charge in [-0.1, -0.05) is 24.3 Å². The van der Waals surface area contributed by atoms with Gasteiger partial charge in [-0.2, -0.15) is 0 Å². The van der Waals surface area contributed by atoms with E-state index in [4.69, 9.17) is 0 Å². The van der Waals surface area contributed by atoms with Crippen LogP contribution in [0, 0.1) is 5.92 Å². The highest BCUT2D eigenvalue weighted by atomic mass is 79.9. The highest BCUT2D eigenvalue weighted by molar-refractivity contribution is 9.10. The van der Waals surface area contributed by atoms with Crippen molar-refractivity contribution in [3.63, 3.8) is 0 Å². The van der Waals surface area contributed by atoms with E-state index in [-0.39, 0.29) is 17.7 Å². The maximum Gasteiger partial charge on any atom is 0.259 e. The van der Waals surface area contributed by atoms with Gasteiger partial charge in [0.15, 0.2) is 0 Å². The van der Waals surface area contributed by atoms with Crippen LogP contribution in [0.1, 0.15) is 29.6 Å². The Kier molecular flexibility index (Phi) is 4.34. The van der Waals surface area contributed by atoms with Gasteiger partial charge in [-0.25, -0.2) is 0 Å². The number of fused-ring (bicyclic) bond motifs is 1. The lowest BCUT2D eigenvalue weighted by molar-refractivity contribution is -0.119. The predicted octanol–water partition coefficient (Wildman–Crippen LogP) is 4.24. The molecule has 2 amide bonds. The van der Waals surface area contributed by atoms with Gasteiger partial charge in [0.1, 0.15) is 0 Å². The van der Waals surface area contributed by atoms with Crippen molar-refractivity contribution in [1.82, 2.24) is 0 Å². The molecule has 2 aliphatic rings. The summed E-state index contributed by atoms with van der Waals surface area (Å²) in [6.45, 7) is 1.26. The van der Waals surface area contributed by atoms with Crippen LogP contribution in [0.2, 0.25) is 0 Å². The number of halogens is 1. The molecular formula is C20H19BrN2O2. The maximum absolute atomic E-state index is 13.2. The van der Waals surface area contributed by atoms with E-state index in [1.165, 1.54) is 0 Å². The van der Waals surface area contributed by atoms with Crippen LogP contribution in [0.25, 0.3) is 0 Å². The zero-order valence-corrected chi connectivity index (χ0v) is 15.4. The molecule has 1 saturated carbocycles. The number of hydrogen-bond acceptors (Lipinski definition) is 2.